The summed E-state index contributed by atoms with van der Waals surface area (Å²) < 4.78 is 6.66. The monoisotopic (exact) mass is 664 g/mol. The number of carbonyl (C=O) groups is 4. The maximum absolute atomic E-state index is 13.0. The smallest absolute Gasteiger partial charge is 0.413 e. The molecule has 3 amide bonds. The lowest BCUT2D eigenvalue weighted by atomic mass is 9.89. The first-order valence-corrected chi connectivity index (χ1v) is 17.0. The molecule has 2 saturated heterocycles. The summed E-state index contributed by atoms with van der Waals surface area (Å²) in [5, 5.41) is 24.7. The van der Waals surface area contributed by atoms with Gasteiger partial charge in [-0.3, -0.25) is 19.7 Å². The predicted molar refractivity (Wildman–Crippen MR) is 158 cm³/mol. The topological polar surface area (TPSA) is 164 Å². The Morgan fingerprint density at radius 1 is 1.32 bits per heavy atom. The van der Waals surface area contributed by atoms with Crippen molar-refractivity contribution in [2.75, 3.05) is 29.6 Å². The fourth-order valence-electron chi connectivity index (χ4n) is 3.73. The lowest BCUT2D eigenvalue weighted by molar-refractivity contribution is -0.157. The zero-order valence-electron chi connectivity index (χ0n) is 21.6. The highest BCUT2D eigenvalue weighted by Gasteiger charge is 2.57. The number of amides is 3. The molecular formula is C22H25ClN6O6S5. The molecule has 12 nitrogen and oxygen atoms in total. The van der Waals surface area contributed by atoms with Crippen molar-refractivity contribution in [2.45, 2.75) is 46.5 Å². The van der Waals surface area contributed by atoms with E-state index < -0.39 is 40.4 Å². The maximum Gasteiger partial charge on any atom is 0.413 e. The van der Waals surface area contributed by atoms with Gasteiger partial charge in [-0.1, -0.05) is 46.5 Å². The number of thioether (sulfide) groups is 3. The van der Waals surface area contributed by atoms with Crippen LogP contribution in [0.2, 0.25) is 0 Å². The number of carbonyl (C=O) groups excluding carboxylic acids is 3. The lowest BCUT2D eigenvalue weighted by Crippen LogP contribution is -2.74. The van der Waals surface area contributed by atoms with Crippen LogP contribution in [0.15, 0.2) is 19.6 Å². The molecule has 2 aromatic heterocycles. The summed E-state index contributed by atoms with van der Waals surface area (Å²) in [6.07, 6.45) is 1.20. The number of aliphatic carboxylic acids is 1. The number of hydrogen-bond acceptors (Lipinski definition) is 13. The number of thiazole rings is 1. The molecule has 0 spiro atoms. The minimum Gasteiger partial charge on any atom is -0.481 e. The number of nitrogens with one attached hydrogen (secondary N) is 2. The summed E-state index contributed by atoms with van der Waals surface area (Å²) in [6.45, 7) is 5.21. The number of fused-ring (bicyclic) bond motifs is 1. The van der Waals surface area contributed by atoms with Gasteiger partial charge in [0.1, 0.15) is 22.4 Å². The number of rotatable bonds is 9. The van der Waals surface area contributed by atoms with Crippen molar-refractivity contribution in [3.63, 3.8) is 0 Å². The molecule has 0 aliphatic carbocycles. The average Bonchev–Trinajstić information content (AvgIpc) is 3.54. The molecule has 4 heterocycles. The van der Waals surface area contributed by atoms with Gasteiger partial charge in [-0.05, 0) is 27.0 Å². The summed E-state index contributed by atoms with van der Waals surface area (Å²) in [6, 6.07) is -0.839. The number of halogens is 1. The summed E-state index contributed by atoms with van der Waals surface area (Å²) in [5.74, 6) is -1.49. The van der Waals surface area contributed by atoms with Crippen LogP contribution in [0.25, 0.3) is 5.57 Å². The third-order valence-electron chi connectivity index (χ3n) is 5.66. The third-order valence-corrected chi connectivity index (χ3v) is 11.5. The molecule has 2 aliphatic rings. The van der Waals surface area contributed by atoms with E-state index in [0.29, 0.717) is 4.34 Å². The highest BCUT2D eigenvalue weighted by Crippen LogP contribution is 2.45. The van der Waals surface area contributed by atoms with Gasteiger partial charge in [-0.25, -0.2) is 9.78 Å². The number of carboxylic acid groups (broad SMARTS) is 1. The van der Waals surface area contributed by atoms with Crippen molar-refractivity contribution in [1.29, 1.82) is 0 Å². The van der Waals surface area contributed by atoms with Gasteiger partial charge in [0, 0.05) is 29.0 Å². The number of carboxylic acids is 1. The number of β-lactam (4-membered cyclic amide) rings is 1. The molecule has 3 N–H and O–H groups in total. The summed E-state index contributed by atoms with van der Waals surface area (Å²) >= 11 is 12.5. The van der Waals surface area contributed by atoms with Crippen LogP contribution >= 0.6 is 69.6 Å². The van der Waals surface area contributed by atoms with Crippen LogP contribution in [-0.4, -0.2) is 90.4 Å². The van der Waals surface area contributed by atoms with Crippen molar-refractivity contribution in [3.8, 4) is 0 Å². The van der Waals surface area contributed by atoms with Gasteiger partial charge in [-0.2, -0.15) is 0 Å². The van der Waals surface area contributed by atoms with Crippen molar-refractivity contribution in [1.82, 2.24) is 25.4 Å². The number of hydrogen-bond donors (Lipinski definition) is 3. The van der Waals surface area contributed by atoms with Crippen LogP contribution in [0.3, 0.4) is 0 Å². The molecule has 0 radical (unpaired) electrons. The summed E-state index contributed by atoms with van der Waals surface area (Å²) in [5.41, 5.74) is -0.572. The zero-order chi connectivity index (χ0) is 29.2. The maximum atomic E-state index is 13.0. The van der Waals surface area contributed by atoms with E-state index in [1.54, 1.807) is 26.2 Å². The first-order valence-electron chi connectivity index (χ1n) is 11.6. The second-order valence-corrected chi connectivity index (χ2v) is 15.2. The quantitative estimate of drug-likeness (QED) is 0.201. The molecule has 0 aromatic carbocycles. The Morgan fingerprint density at radius 2 is 2.05 bits per heavy atom. The fourth-order valence-corrected chi connectivity index (χ4v) is 8.94. The highest BCUT2D eigenvalue weighted by molar-refractivity contribution is 8.03. The lowest BCUT2D eigenvalue weighted by Gasteiger charge is -2.53. The molecule has 2 aliphatic heterocycles. The van der Waals surface area contributed by atoms with E-state index in [9.17, 15) is 24.3 Å². The Bertz CT molecular complexity index is 1350. The van der Waals surface area contributed by atoms with Gasteiger partial charge in [0.15, 0.2) is 13.8 Å². The number of nitrogens with zero attached hydrogens (tertiary/aromatic N) is 4. The third kappa shape index (κ3) is 6.87. The Labute approximate surface area is 255 Å². The minimum atomic E-state index is -1.17. The molecule has 216 valence electrons. The number of aromatic nitrogens is 3. The van der Waals surface area contributed by atoms with E-state index in [0.717, 1.165) is 21.2 Å². The SMILES string of the molecule is CSc1nnc(SCC2(C(=O)O)CS[C@@H]3C(NC(=O)C(=CCl)c4csc(NC(=O)OC(C)(C)C)n4)C(=O)N3C2)s1. The first kappa shape index (κ1) is 30.9. The minimum absolute atomic E-state index is 0.0140. The van der Waals surface area contributed by atoms with Crippen LogP contribution < -0.4 is 10.6 Å². The van der Waals surface area contributed by atoms with Gasteiger partial charge in [-0.15, -0.1) is 33.3 Å². The highest BCUT2D eigenvalue weighted by atomic mass is 35.5. The van der Waals surface area contributed by atoms with Crippen LogP contribution in [0.5, 0.6) is 0 Å². The normalized spacial score (nSPS) is 22.8. The second kappa shape index (κ2) is 12.4. The van der Waals surface area contributed by atoms with Gasteiger partial charge in [0.2, 0.25) is 5.91 Å². The van der Waals surface area contributed by atoms with Gasteiger partial charge < -0.3 is 20.1 Å². The van der Waals surface area contributed by atoms with E-state index in [4.69, 9.17) is 16.3 Å². The summed E-state index contributed by atoms with van der Waals surface area (Å²) in [7, 11) is 0. The van der Waals surface area contributed by atoms with Crippen molar-refractivity contribution >= 4 is 104 Å². The van der Waals surface area contributed by atoms with Crippen molar-refractivity contribution in [3.05, 3.63) is 16.6 Å². The first-order chi connectivity index (χ1) is 18.9. The van der Waals surface area contributed by atoms with Gasteiger partial charge in [0.05, 0.1) is 11.3 Å². The van der Waals surface area contributed by atoms with Crippen LogP contribution in [0.4, 0.5) is 9.93 Å². The molecule has 2 fully saturated rings. The zero-order valence-corrected chi connectivity index (χ0v) is 26.5. The molecule has 18 heteroatoms. The van der Waals surface area contributed by atoms with E-state index >= 15 is 0 Å². The Kier molecular flexibility index (Phi) is 9.61. The number of ether oxygens (including phenoxy) is 1. The van der Waals surface area contributed by atoms with E-state index in [1.807, 2.05) is 6.26 Å². The molecule has 2 unspecified atom stereocenters. The van der Waals surface area contributed by atoms with E-state index in [1.165, 1.54) is 51.5 Å². The van der Waals surface area contributed by atoms with Crippen molar-refractivity contribution < 1.29 is 29.0 Å². The molecule has 0 saturated carbocycles. The average molecular weight is 665 g/mol. The van der Waals surface area contributed by atoms with Crippen molar-refractivity contribution in [2.24, 2.45) is 5.41 Å². The van der Waals surface area contributed by atoms with Crippen LogP contribution in [0.1, 0.15) is 26.5 Å². The summed E-state index contributed by atoms with van der Waals surface area (Å²) in [4.78, 5) is 56.0. The van der Waals surface area contributed by atoms with Crippen LogP contribution in [0, 0.1) is 5.41 Å². The molecule has 0 bridgehead atoms. The van der Waals surface area contributed by atoms with E-state index in [-0.39, 0.29) is 40.4 Å². The number of anilines is 1. The molecule has 4 rings (SSSR count). The Morgan fingerprint density at radius 3 is 2.67 bits per heavy atom. The molecular weight excluding hydrogens is 640 g/mol. The standard InChI is InChI=1S/C22H25ClN6O6S5/c1-21(2,3)35-18(34)26-17-24-11(6-37-17)10(5-23)13(30)25-12-14(31)29-7-22(16(32)33,8-38-15(12)29)9-39-20-28-27-19(36-4)40-20/h5-6,12,15H,7-9H2,1-4H3,(H,25,30)(H,32,33)(H,24,26,34)/t12?,15-,22?/m1/s1. The Hall–Kier alpha value is -2.05. The largest absolute Gasteiger partial charge is 0.481 e. The van der Waals surface area contributed by atoms with Gasteiger partial charge >= 0.3 is 12.1 Å². The predicted octanol–water partition coefficient (Wildman–Crippen LogP) is 3.91. The van der Waals surface area contributed by atoms with Crippen LogP contribution in [-0.2, 0) is 19.1 Å². The Balaban J connectivity index is 1.36. The second-order valence-electron chi connectivity index (χ2n) is 9.72. The molecule has 2 aromatic rings. The molecule has 40 heavy (non-hydrogen) atoms. The van der Waals surface area contributed by atoms with Gasteiger partial charge in [0.25, 0.3) is 5.91 Å². The van der Waals surface area contributed by atoms with E-state index in [2.05, 4.69) is 25.8 Å². The fraction of sp³-hybridized carbons (Fsp3) is 0.500. The molecule has 3 atom stereocenters.